The third-order valence-corrected chi connectivity index (χ3v) is 4.22. The maximum atomic E-state index is 11.6. The van der Waals surface area contributed by atoms with Crippen LogP contribution >= 0.6 is 0 Å². The van der Waals surface area contributed by atoms with Crippen molar-refractivity contribution in [3.63, 3.8) is 0 Å². The Labute approximate surface area is 161 Å². The normalized spacial score (nSPS) is 11.6. The number of aromatic nitrogens is 2. The van der Waals surface area contributed by atoms with Crippen molar-refractivity contribution >= 4 is 17.1 Å². The van der Waals surface area contributed by atoms with E-state index in [1.54, 1.807) is 0 Å². The van der Waals surface area contributed by atoms with Gasteiger partial charge in [-0.25, -0.2) is 13.9 Å². The lowest BCUT2D eigenvalue weighted by molar-refractivity contribution is -0.676. The molecule has 2 rings (SSSR count). The number of hydrogen-bond acceptors (Lipinski definition) is 4. The molecule has 0 fully saturated rings. The molecule has 0 atom stereocenters. The number of alkyl carbamates (subject to hydrolysis) is 1. The van der Waals surface area contributed by atoms with Crippen molar-refractivity contribution in [1.82, 2.24) is 9.88 Å². The fraction of sp³-hybridized carbons (Fsp3) is 0.600. The molecule has 7 nitrogen and oxygen atoms in total. The Bertz CT molecular complexity index is 778. The number of benzene rings is 1. The summed E-state index contributed by atoms with van der Waals surface area (Å²) in [5, 5.41) is 2.74. The van der Waals surface area contributed by atoms with E-state index in [0.717, 1.165) is 30.2 Å². The number of nitrogens with one attached hydrogen (secondary N) is 1. The lowest BCUT2D eigenvalue weighted by Gasteiger charge is -2.19. The summed E-state index contributed by atoms with van der Waals surface area (Å²) in [6, 6.07) is 6.12. The maximum absolute atomic E-state index is 11.6. The lowest BCUT2D eigenvalue weighted by Crippen LogP contribution is -2.38. The SMILES string of the molecule is CCn1c(CN)[n+](CC)c2ccc(OCCCNC(=O)OC(C)(C)C)cc21. The quantitative estimate of drug-likeness (QED) is 0.547. The van der Waals surface area contributed by atoms with E-state index in [4.69, 9.17) is 15.2 Å². The second kappa shape index (κ2) is 9.08. The molecule has 1 heterocycles. The molecule has 1 aromatic heterocycles. The lowest BCUT2D eigenvalue weighted by atomic mass is 10.2. The van der Waals surface area contributed by atoms with Crippen LogP contribution in [0.25, 0.3) is 11.0 Å². The third kappa shape index (κ3) is 5.35. The molecule has 2 aromatic rings. The molecular formula is C20H33N4O3+. The molecule has 0 saturated heterocycles. The Kier molecular flexibility index (Phi) is 7.07. The Hall–Kier alpha value is -2.28. The first-order valence-electron chi connectivity index (χ1n) is 9.65. The van der Waals surface area contributed by atoms with E-state index in [0.29, 0.717) is 26.1 Å². The van der Waals surface area contributed by atoms with Gasteiger partial charge in [-0.15, -0.1) is 0 Å². The molecule has 150 valence electrons. The second-order valence-electron chi connectivity index (χ2n) is 7.39. The van der Waals surface area contributed by atoms with Gasteiger partial charge in [-0.1, -0.05) is 0 Å². The Morgan fingerprint density at radius 2 is 2.04 bits per heavy atom. The highest BCUT2D eigenvalue weighted by molar-refractivity contribution is 5.74. The number of carbonyl (C=O) groups excluding carboxylic acids is 1. The van der Waals surface area contributed by atoms with Gasteiger partial charge in [0.2, 0.25) is 0 Å². The van der Waals surface area contributed by atoms with Gasteiger partial charge < -0.3 is 20.5 Å². The molecule has 0 aliphatic rings. The number of nitrogens with zero attached hydrogens (tertiary/aromatic N) is 2. The molecule has 1 aromatic carbocycles. The highest BCUT2D eigenvalue weighted by atomic mass is 16.6. The molecule has 7 heteroatoms. The Morgan fingerprint density at radius 3 is 2.63 bits per heavy atom. The van der Waals surface area contributed by atoms with Crippen LogP contribution in [0.3, 0.4) is 0 Å². The number of fused-ring (bicyclic) bond motifs is 1. The van der Waals surface area contributed by atoms with Gasteiger partial charge in [0.05, 0.1) is 26.2 Å². The van der Waals surface area contributed by atoms with Crippen LogP contribution in [0, 0.1) is 0 Å². The van der Waals surface area contributed by atoms with Crippen LogP contribution in [0.1, 0.15) is 46.9 Å². The summed E-state index contributed by atoms with van der Waals surface area (Å²) in [5.41, 5.74) is 7.77. The minimum atomic E-state index is -0.484. The number of amides is 1. The number of rotatable bonds is 8. The minimum absolute atomic E-state index is 0.400. The van der Waals surface area contributed by atoms with Gasteiger partial charge in [-0.3, -0.25) is 0 Å². The number of carbonyl (C=O) groups is 1. The van der Waals surface area contributed by atoms with Crippen molar-refractivity contribution in [3.05, 3.63) is 24.0 Å². The molecule has 0 bridgehead atoms. The van der Waals surface area contributed by atoms with Crippen molar-refractivity contribution in [2.75, 3.05) is 13.2 Å². The van der Waals surface area contributed by atoms with Gasteiger partial charge in [0.1, 0.15) is 11.4 Å². The zero-order valence-corrected chi connectivity index (χ0v) is 17.2. The van der Waals surface area contributed by atoms with Crippen LogP contribution in [0.5, 0.6) is 5.75 Å². The molecule has 3 N–H and O–H groups in total. The Balaban J connectivity index is 1.95. The summed E-state index contributed by atoms with van der Waals surface area (Å²) >= 11 is 0. The van der Waals surface area contributed by atoms with Gasteiger partial charge >= 0.3 is 6.09 Å². The topological polar surface area (TPSA) is 82.4 Å². The van der Waals surface area contributed by atoms with Crippen LogP contribution in [0.2, 0.25) is 0 Å². The molecular weight excluding hydrogens is 344 g/mol. The van der Waals surface area contributed by atoms with E-state index in [-0.39, 0.29) is 0 Å². The van der Waals surface area contributed by atoms with E-state index in [2.05, 4.69) is 40.4 Å². The Morgan fingerprint density at radius 1 is 1.30 bits per heavy atom. The monoisotopic (exact) mass is 377 g/mol. The van der Waals surface area contributed by atoms with Crippen LogP contribution in [0.15, 0.2) is 18.2 Å². The summed E-state index contributed by atoms with van der Waals surface area (Å²) in [5.74, 6) is 1.94. The van der Waals surface area contributed by atoms with E-state index in [1.807, 2.05) is 26.8 Å². The average molecular weight is 378 g/mol. The van der Waals surface area contributed by atoms with Gasteiger partial charge in [0, 0.05) is 12.6 Å². The highest BCUT2D eigenvalue weighted by Gasteiger charge is 2.22. The van der Waals surface area contributed by atoms with Crippen LogP contribution in [-0.2, 0) is 24.4 Å². The van der Waals surface area contributed by atoms with Crippen LogP contribution in [-0.4, -0.2) is 29.4 Å². The van der Waals surface area contributed by atoms with Gasteiger partial charge in [0.25, 0.3) is 5.82 Å². The predicted molar refractivity (Wildman–Crippen MR) is 106 cm³/mol. The standard InChI is InChI=1S/C20H32N4O3/c1-6-23-16-10-9-15(13-17(16)24(7-2)18(23)14-21)26-12-8-11-22-19(25)27-20(3,4)5/h9-10,13H,6-8,11-12,14,21H2,1-5H3/p+1. The molecule has 27 heavy (non-hydrogen) atoms. The first kappa shape index (κ1) is 21.0. The van der Waals surface area contributed by atoms with E-state index < -0.39 is 11.7 Å². The first-order valence-corrected chi connectivity index (χ1v) is 9.65. The third-order valence-electron chi connectivity index (χ3n) is 4.22. The number of hydrogen-bond donors (Lipinski definition) is 2. The molecule has 0 aliphatic heterocycles. The minimum Gasteiger partial charge on any atom is -0.493 e. The fourth-order valence-corrected chi connectivity index (χ4v) is 3.15. The van der Waals surface area contributed by atoms with Gasteiger partial charge in [-0.2, -0.15) is 0 Å². The molecule has 0 saturated carbocycles. The van der Waals surface area contributed by atoms with E-state index >= 15 is 0 Å². The molecule has 0 spiro atoms. The summed E-state index contributed by atoms with van der Waals surface area (Å²) in [6.45, 7) is 13.0. The summed E-state index contributed by atoms with van der Waals surface area (Å²) in [4.78, 5) is 11.6. The van der Waals surface area contributed by atoms with Gasteiger partial charge in [-0.05, 0) is 53.2 Å². The van der Waals surface area contributed by atoms with E-state index in [9.17, 15) is 4.79 Å². The van der Waals surface area contributed by atoms with Crippen molar-refractivity contribution < 1.29 is 18.8 Å². The van der Waals surface area contributed by atoms with Crippen molar-refractivity contribution in [1.29, 1.82) is 0 Å². The highest BCUT2D eigenvalue weighted by Crippen LogP contribution is 2.21. The summed E-state index contributed by atoms with van der Waals surface area (Å²) in [6.07, 6.45) is 0.304. The van der Waals surface area contributed by atoms with Crippen molar-refractivity contribution in [2.24, 2.45) is 5.73 Å². The predicted octanol–water partition coefficient (Wildman–Crippen LogP) is 2.72. The second-order valence-corrected chi connectivity index (χ2v) is 7.39. The zero-order valence-electron chi connectivity index (χ0n) is 17.2. The average Bonchev–Trinajstić information content (AvgIpc) is 2.91. The van der Waals surface area contributed by atoms with Gasteiger partial charge in [0.15, 0.2) is 11.0 Å². The largest absolute Gasteiger partial charge is 0.493 e. The molecule has 0 unspecified atom stereocenters. The number of ether oxygens (including phenoxy) is 2. The summed E-state index contributed by atoms with van der Waals surface area (Å²) < 4.78 is 15.5. The molecule has 0 aliphatic carbocycles. The van der Waals surface area contributed by atoms with Crippen molar-refractivity contribution in [2.45, 2.75) is 66.3 Å². The number of aryl methyl sites for hydroxylation is 2. The number of imidazole rings is 1. The molecule has 1 amide bonds. The zero-order chi connectivity index (χ0) is 20.0. The van der Waals surface area contributed by atoms with Crippen molar-refractivity contribution in [3.8, 4) is 5.75 Å². The summed E-state index contributed by atoms with van der Waals surface area (Å²) in [7, 11) is 0. The van der Waals surface area contributed by atoms with Crippen LogP contribution in [0.4, 0.5) is 4.79 Å². The maximum Gasteiger partial charge on any atom is 0.407 e. The molecule has 0 radical (unpaired) electrons. The van der Waals surface area contributed by atoms with Crippen LogP contribution < -0.4 is 20.4 Å². The first-order chi connectivity index (χ1) is 12.8. The fourth-order valence-electron chi connectivity index (χ4n) is 3.15. The number of nitrogens with two attached hydrogens (primary N) is 1. The smallest absolute Gasteiger partial charge is 0.407 e. The van der Waals surface area contributed by atoms with E-state index in [1.165, 1.54) is 5.52 Å².